The minimum absolute atomic E-state index is 0.145. The molecule has 1 aromatic rings. The smallest absolute Gasteiger partial charge is 0.269 e. The third-order valence-electron chi connectivity index (χ3n) is 4.30. The Labute approximate surface area is 114 Å². The van der Waals surface area contributed by atoms with E-state index in [0.717, 1.165) is 24.8 Å². The van der Waals surface area contributed by atoms with Crippen molar-refractivity contribution in [3.8, 4) is 0 Å². The predicted molar refractivity (Wildman–Crippen MR) is 76.0 cm³/mol. The number of nitro benzene ring substituents is 1. The van der Waals surface area contributed by atoms with Crippen LogP contribution in [0.15, 0.2) is 24.3 Å². The molecule has 104 valence electrons. The van der Waals surface area contributed by atoms with Crippen molar-refractivity contribution >= 4 is 5.69 Å². The third-order valence-corrected chi connectivity index (χ3v) is 4.30. The molecule has 0 heterocycles. The fourth-order valence-electron chi connectivity index (χ4n) is 3.14. The summed E-state index contributed by atoms with van der Waals surface area (Å²) in [6, 6.07) is 7.00. The van der Waals surface area contributed by atoms with Crippen molar-refractivity contribution in [1.29, 1.82) is 0 Å². The van der Waals surface area contributed by atoms with Gasteiger partial charge in [-0.05, 0) is 36.8 Å². The molecule has 2 rings (SSSR count). The topological polar surface area (TPSA) is 69.2 Å². The van der Waals surface area contributed by atoms with Gasteiger partial charge >= 0.3 is 0 Å². The Kier molecular flexibility index (Phi) is 4.53. The average Bonchev–Trinajstić information content (AvgIpc) is 2.65. The Hall–Kier alpha value is -1.42. The average molecular weight is 262 g/mol. The fraction of sp³-hybridized carbons (Fsp3) is 0.600. The zero-order valence-corrected chi connectivity index (χ0v) is 11.3. The predicted octanol–water partition coefficient (Wildman–Crippen LogP) is 3.44. The van der Waals surface area contributed by atoms with Gasteiger partial charge in [-0.25, -0.2) is 0 Å². The van der Waals surface area contributed by atoms with Gasteiger partial charge in [0.2, 0.25) is 0 Å². The zero-order valence-electron chi connectivity index (χ0n) is 11.3. The first-order valence-electron chi connectivity index (χ1n) is 7.09. The molecule has 1 aliphatic carbocycles. The van der Waals surface area contributed by atoms with E-state index >= 15 is 0 Å². The third kappa shape index (κ3) is 3.53. The van der Waals surface area contributed by atoms with E-state index in [0.29, 0.717) is 6.54 Å². The van der Waals surface area contributed by atoms with E-state index < -0.39 is 0 Å². The first kappa shape index (κ1) is 14.0. The molecule has 0 radical (unpaired) electrons. The van der Waals surface area contributed by atoms with Gasteiger partial charge in [0.05, 0.1) is 4.92 Å². The van der Waals surface area contributed by atoms with Gasteiger partial charge in [0.25, 0.3) is 5.69 Å². The molecule has 19 heavy (non-hydrogen) atoms. The number of nitrogens with two attached hydrogens (primary N) is 1. The Balaban J connectivity index is 2.17. The van der Waals surface area contributed by atoms with Crippen molar-refractivity contribution in [2.24, 2.45) is 11.1 Å². The van der Waals surface area contributed by atoms with Gasteiger partial charge in [0, 0.05) is 12.1 Å². The maximum Gasteiger partial charge on any atom is 0.269 e. The number of hydrogen-bond acceptors (Lipinski definition) is 3. The summed E-state index contributed by atoms with van der Waals surface area (Å²) in [5.74, 6) is 0. The standard InChI is InChI=1S/C15H22N2O2/c16-12-15(8-3-1-2-4-9-15)11-13-6-5-7-14(10-13)17(18)19/h5-7,10H,1-4,8-9,11-12,16H2. The number of rotatable bonds is 4. The van der Waals surface area contributed by atoms with E-state index in [-0.39, 0.29) is 16.0 Å². The summed E-state index contributed by atoms with van der Waals surface area (Å²) < 4.78 is 0. The van der Waals surface area contributed by atoms with Gasteiger partial charge in [-0.2, -0.15) is 0 Å². The van der Waals surface area contributed by atoms with E-state index in [4.69, 9.17) is 5.73 Å². The summed E-state index contributed by atoms with van der Waals surface area (Å²) in [5, 5.41) is 10.8. The minimum Gasteiger partial charge on any atom is -0.330 e. The van der Waals surface area contributed by atoms with E-state index in [1.807, 2.05) is 6.07 Å². The number of nitro groups is 1. The van der Waals surface area contributed by atoms with Crippen molar-refractivity contribution in [3.63, 3.8) is 0 Å². The Bertz CT molecular complexity index is 438. The van der Waals surface area contributed by atoms with Crippen molar-refractivity contribution in [2.75, 3.05) is 6.54 Å². The molecule has 0 saturated heterocycles. The summed E-state index contributed by atoms with van der Waals surface area (Å²) in [6.07, 6.45) is 8.19. The van der Waals surface area contributed by atoms with E-state index in [2.05, 4.69) is 0 Å². The second-order valence-corrected chi connectivity index (χ2v) is 5.72. The fourth-order valence-corrected chi connectivity index (χ4v) is 3.14. The van der Waals surface area contributed by atoms with Gasteiger partial charge in [-0.3, -0.25) is 10.1 Å². The normalized spacial score (nSPS) is 18.8. The van der Waals surface area contributed by atoms with E-state index in [9.17, 15) is 10.1 Å². The number of benzene rings is 1. The molecule has 1 aliphatic rings. The van der Waals surface area contributed by atoms with Crippen LogP contribution in [0.4, 0.5) is 5.69 Å². The van der Waals surface area contributed by atoms with Gasteiger partial charge in [-0.15, -0.1) is 0 Å². The highest BCUT2D eigenvalue weighted by Crippen LogP contribution is 2.37. The van der Waals surface area contributed by atoms with Crippen LogP contribution in [0.2, 0.25) is 0 Å². The molecule has 1 aromatic carbocycles. The van der Waals surface area contributed by atoms with Crippen LogP contribution in [-0.4, -0.2) is 11.5 Å². The van der Waals surface area contributed by atoms with Crippen molar-refractivity contribution in [2.45, 2.75) is 44.9 Å². The van der Waals surface area contributed by atoms with Crippen LogP contribution in [-0.2, 0) is 6.42 Å². The second kappa shape index (κ2) is 6.15. The Morgan fingerprint density at radius 3 is 2.47 bits per heavy atom. The van der Waals surface area contributed by atoms with E-state index in [1.54, 1.807) is 18.2 Å². The van der Waals surface area contributed by atoms with Crippen molar-refractivity contribution < 1.29 is 4.92 Å². The Morgan fingerprint density at radius 2 is 1.89 bits per heavy atom. The largest absolute Gasteiger partial charge is 0.330 e. The molecular formula is C15H22N2O2. The second-order valence-electron chi connectivity index (χ2n) is 5.72. The first-order chi connectivity index (χ1) is 9.15. The van der Waals surface area contributed by atoms with Crippen LogP contribution < -0.4 is 5.73 Å². The lowest BCUT2D eigenvalue weighted by Crippen LogP contribution is -2.32. The molecule has 0 spiro atoms. The maximum absolute atomic E-state index is 10.8. The summed E-state index contributed by atoms with van der Waals surface area (Å²) >= 11 is 0. The molecule has 1 fully saturated rings. The molecule has 4 nitrogen and oxygen atoms in total. The van der Waals surface area contributed by atoms with Gasteiger partial charge in [-0.1, -0.05) is 37.8 Å². The summed E-state index contributed by atoms with van der Waals surface area (Å²) in [7, 11) is 0. The lowest BCUT2D eigenvalue weighted by atomic mass is 9.75. The van der Waals surface area contributed by atoms with Gasteiger partial charge < -0.3 is 5.73 Å². The minimum atomic E-state index is -0.328. The number of nitrogens with zero attached hydrogens (tertiary/aromatic N) is 1. The SMILES string of the molecule is NCC1(Cc2cccc([N+](=O)[O-])c2)CCCCCC1. The molecule has 2 N–H and O–H groups in total. The van der Waals surface area contributed by atoms with Crippen LogP contribution >= 0.6 is 0 Å². The van der Waals surface area contributed by atoms with Gasteiger partial charge in [0.15, 0.2) is 0 Å². The number of hydrogen-bond donors (Lipinski definition) is 1. The molecule has 0 aromatic heterocycles. The Morgan fingerprint density at radius 1 is 1.21 bits per heavy atom. The highest BCUT2D eigenvalue weighted by Gasteiger charge is 2.30. The molecule has 1 saturated carbocycles. The molecule has 0 bridgehead atoms. The van der Waals surface area contributed by atoms with Crippen molar-refractivity contribution in [1.82, 2.24) is 0 Å². The maximum atomic E-state index is 10.8. The first-order valence-corrected chi connectivity index (χ1v) is 7.09. The molecule has 4 heteroatoms. The van der Waals surface area contributed by atoms with Crippen LogP contribution in [0.3, 0.4) is 0 Å². The molecular weight excluding hydrogens is 240 g/mol. The van der Waals surface area contributed by atoms with Gasteiger partial charge in [0.1, 0.15) is 0 Å². The van der Waals surface area contributed by atoms with Crippen LogP contribution in [0.5, 0.6) is 0 Å². The highest BCUT2D eigenvalue weighted by atomic mass is 16.6. The monoisotopic (exact) mass is 262 g/mol. The number of non-ortho nitro benzene ring substituents is 1. The molecule has 0 unspecified atom stereocenters. The lowest BCUT2D eigenvalue weighted by molar-refractivity contribution is -0.384. The van der Waals surface area contributed by atoms with E-state index in [1.165, 1.54) is 25.7 Å². The quantitative estimate of drug-likeness (QED) is 0.513. The van der Waals surface area contributed by atoms with Crippen LogP contribution in [0.25, 0.3) is 0 Å². The van der Waals surface area contributed by atoms with Crippen LogP contribution in [0, 0.1) is 15.5 Å². The summed E-state index contributed by atoms with van der Waals surface area (Å²) in [6.45, 7) is 0.676. The molecule has 0 amide bonds. The van der Waals surface area contributed by atoms with Crippen LogP contribution in [0.1, 0.15) is 44.1 Å². The zero-order chi connectivity index (χ0) is 13.7. The lowest BCUT2D eigenvalue weighted by Gasteiger charge is -2.31. The van der Waals surface area contributed by atoms with Crippen molar-refractivity contribution in [3.05, 3.63) is 39.9 Å². The molecule has 0 atom stereocenters. The summed E-state index contributed by atoms with van der Waals surface area (Å²) in [4.78, 5) is 10.5. The summed E-state index contributed by atoms with van der Waals surface area (Å²) in [5.41, 5.74) is 7.39. The molecule has 0 aliphatic heterocycles. The highest BCUT2D eigenvalue weighted by molar-refractivity contribution is 5.34.